The zero-order valence-corrected chi connectivity index (χ0v) is 12.1. The van der Waals surface area contributed by atoms with Gasteiger partial charge >= 0.3 is 0 Å². The van der Waals surface area contributed by atoms with Crippen LogP contribution in [0.3, 0.4) is 0 Å². The average Bonchev–Trinajstić information content (AvgIpc) is 2.74. The Balaban J connectivity index is 2.12. The second-order valence-corrected chi connectivity index (χ2v) is 7.45. The van der Waals surface area contributed by atoms with Crippen LogP contribution < -0.4 is 0 Å². The molecule has 0 aliphatic carbocycles. The predicted molar refractivity (Wildman–Crippen MR) is 76.0 cm³/mol. The second kappa shape index (κ2) is 5.95. The van der Waals surface area contributed by atoms with Crippen molar-refractivity contribution in [2.24, 2.45) is 0 Å². The van der Waals surface area contributed by atoms with Gasteiger partial charge in [0.05, 0.1) is 15.3 Å². The summed E-state index contributed by atoms with van der Waals surface area (Å²) in [4.78, 5) is 0.960. The summed E-state index contributed by atoms with van der Waals surface area (Å²) in [7, 11) is -1.15. The van der Waals surface area contributed by atoms with Gasteiger partial charge in [0.15, 0.2) is 0 Å². The fourth-order valence-electron chi connectivity index (χ4n) is 1.64. The van der Waals surface area contributed by atoms with Gasteiger partial charge in [0.1, 0.15) is 5.82 Å². The van der Waals surface area contributed by atoms with Crippen molar-refractivity contribution in [1.29, 1.82) is 0 Å². The molecule has 0 radical (unpaired) electrons. The molecule has 0 saturated carbocycles. The maximum atomic E-state index is 13.6. The predicted octanol–water partition coefficient (Wildman–Crippen LogP) is 4.55. The van der Waals surface area contributed by atoms with Gasteiger partial charge in [-0.15, -0.1) is 11.3 Å². The lowest BCUT2D eigenvalue weighted by molar-refractivity contribution is 0.606. The molecule has 18 heavy (non-hydrogen) atoms. The smallest absolute Gasteiger partial charge is 0.127 e. The van der Waals surface area contributed by atoms with Gasteiger partial charge in [0.2, 0.25) is 0 Å². The molecule has 0 fully saturated rings. The van der Waals surface area contributed by atoms with Crippen molar-refractivity contribution in [2.45, 2.75) is 17.9 Å². The van der Waals surface area contributed by atoms with Gasteiger partial charge in [-0.2, -0.15) is 0 Å². The number of rotatable bonds is 4. The van der Waals surface area contributed by atoms with E-state index in [-0.39, 0.29) is 11.1 Å². The van der Waals surface area contributed by atoms with E-state index in [4.69, 9.17) is 11.6 Å². The van der Waals surface area contributed by atoms with E-state index in [1.807, 2.05) is 6.07 Å². The number of benzene rings is 1. The van der Waals surface area contributed by atoms with E-state index in [2.05, 4.69) is 0 Å². The molecular formula is C13H12ClFOS2. The zero-order valence-electron chi connectivity index (χ0n) is 9.73. The van der Waals surface area contributed by atoms with Crippen LogP contribution in [0.2, 0.25) is 4.34 Å². The van der Waals surface area contributed by atoms with Crippen molar-refractivity contribution in [3.05, 3.63) is 57.0 Å². The molecule has 96 valence electrons. The highest BCUT2D eigenvalue weighted by atomic mass is 35.5. The lowest BCUT2D eigenvalue weighted by Crippen LogP contribution is -2.06. The van der Waals surface area contributed by atoms with Crippen LogP contribution >= 0.6 is 22.9 Å². The summed E-state index contributed by atoms with van der Waals surface area (Å²) in [6.45, 7) is 1.78. The third-order valence-corrected chi connectivity index (χ3v) is 5.70. The summed E-state index contributed by atoms with van der Waals surface area (Å²) in [6, 6.07) is 10.1. The lowest BCUT2D eigenvalue weighted by atomic mass is 10.1. The first-order chi connectivity index (χ1) is 8.58. The van der Waals surface area contributed by atoms with E-state index in [1.165, 1.54) is 17.4 Å². The molecule has 0 N–H and O–H groups in total. The molecule has 0 aliphatic rings. The van der Waals surface area contributed by atoms with E-state index < -0.39 is 10.8 Å². The minimum Gasteiger partial charge on any atom is -0.259 e. The Hall–Kier alpha value is -0.710. The van der Waals surface area contributed by atoms with E-state index in [0.717, 1.165) is 4.88 Å². The van der Waals surface area contributed by atoms with Crippen LogP contribution in [0.25, 0.3) is 0 Å². The normalized spacial score (nSPS) is 14.4. The van der Waals surface area contributed by atoms with Crippen molar-refractivity contribution in [2.75, 3.05) is 0 Å². The van der Waals surface area contributed by atoms with E-state index in [1.54, 1.807) is 31.2 Å². The average molecular weight is 303 g/mol. The van der Waals surface area contributed by atoms with E-state index in [0.29, 0.717) is 15.7 Å². The third-order valence-electron chi connectivity index (χ3n) is 2.65. The van der Waals surface area contributed by atoms with Crippen molar-refractivity contribution in [3.8, 4) is 0 Å². The second-order valence-electron chi connectivity index (χ2n) is 3.89. The molecule has 2 aromatic rings. The largest absolute Gasteiger partial charge is 0.259 e. The van der Waals surface area contributed by atoms with E-state index >= 15 is 0 Å². The summed E-state index contributed by atoms with van der Waals surface area (Å²) < 4.78 is 26.5. The highest BCUT2D eigenvalue weighted by Crippen LogP contribution is 2.28. The van der Waals surface area contributed by atoms with Crippen LogP contribution in [-0.4, -0.2) is 4.21 Å². The maximum absolute atomic E-state index is 13.6. The standard InChI is InChI=1S/C13H12ClFOS2/c1-9(11-4-2-3-5-12(11)15)18(16)8-10-6-7-13(14)17-10/h2-7,9H,8H2,1H3/t9-,18-/m0/s1. The van der Waals surface area contributed by atoms with Gasteiger partial charge in [0.25, 0.3) is 0 Å². The van der Waals surface area contributed by atoms with Gasteiger partial charge in [0, 0.05) is 21.2 Å². The first kappa shape index (κ1) is 13.7. The minimum atomic E-state index is -1.15. The minimum absolute atomic E-state index is 0.303. The summed E-state index contributed by atoms with van der Waals surface area (Å²) in [5.74, 6) is 0.106. The Morgan fingerprint density at radius 1 is 1.33 bits per heavy atom. The molecule has 0 spiro atoms. The molecule has 2 atom stereocenters. The highest BCUT2D eigenvalue weighted by molar-refractivity contribution is 7.84. The van der Waals surface area contributed by atoms with Crippen LogP contribution in [0, 0.1) is 5.82 Å². The Kier molecular flexibility index (Phi) is 4.54. The van der Waals surface area contributed by atoms with Gasteiger partial charge < -0.3 is 0 Å². The summed E-state index contributed by atoms with van der Waals surface area (Å²) >= 11 is 7.24. The molecule has 1 heterocycles. The summed E-state index contributed by atoms with van der Waals surface area (Å²) in [5.41, 5.74) is 0.499. The first-order valence-electron chi connectivity index (χ1n) is 5.43. The monoisotopic (exact) mass is 302 g/mol. The van der Waals surface area contributed by atoms with Crippen molar-refractivity contribution in [1.82, 2.24) is 0 Å². The Labute approximate surface area is 117 Å². The van der Waals surface area contributed by atoms with Crippen molar-refractivity contribution < 1.29 is 8.60 Å². The summed E-state index contributed by atoms with van der Waals surface area (Å²) in [6.07, 6.45) is 0. The fraction of sp³-hybridized carbons (Fsp3) is 0.231. The molecule has 1 aromatic heterocycles. The Bertz CT molecular complexity index is 568. The molecule has 2 rings (SSSR count). The third kappa shape index (κ3) is 3.19. The van der Waals surface area contributed by atoms with Crippen LogP contribution in [0.4, 0.5) is 4.39 Å². The van der Waals surface area contributed by atoms with E-state index in [9.17, 15) is 8.60 Å². The van der Waals surface area contributed by atoms with Crippen molar-refractivity contribution >= 4 is 33.7 Å². The van der Waals surface area contributed by atoms with Crippen LogP contribution in [0.1, 0.15) is 22.6 Å². The van der Waals surface area contributed by atoms with Gasteiger partial charge in [-0.3, -0.25) is 4.21 Å². The molecule has 5 heteroatoms. The number of halogens is 2. The molecule has 0 saturated heterocycles. The van der Waals surface area contributed by atoms with Gasteiger partial charge in [-0.1, -0.05) is 29.8 Å². The molecule has 0 unspecified atom stereocenters. The highest BCUT2D eigenvalue weighted by Gasteiger charge is 2.17. The SMILES string of the molecule is C[C@@H](c1ccccc1F)[S@@](=O)Cc1ccc(Cl)s1. The topological polar surface area (TPSA) is 17.1 Å². The molecular weight excluding hydrogens is 291 g/mol. The molecule has 0 amide bonds. The zero-order chi connectivity index (χ0) is 13.1. The Morgan fingerprint density at radius 2 is 2.06 bits per heavy atom. The first-order valence-corrected chi connectivity index (χ1v) is 8.01. The Morgan fingerprint density at radius 3 is 2.67 bits per heavy atom. The van der Waals surface area contributed by atoms with Crippen molar-refractivity contribution in [3.63, 3.8) is 0 Å². The number of hydrogen-bond donors (Lipinski definition) is 0. The quantitative estimate of drug-likeness (QED) is 0.809. The van der Waals surface area contributed by atoms with Crippen LogP contribution in [0.15, 0.2) is 36.4 Å². The van der Waals surface area contributed by atoms with Crippen LogP contribution in [0.5, 0.6) is 0 Å². The number of hydrogen-bond acceptors (Lipinski definition) is 2. The number of thiophene rings is 1. The molecule has 0 bridgehead atoms. The molecule has 1 nitrogen and oxygen atoms in total. The molecule has 0 aliphatic heterocycles. The maximum Gasteiger partial charge on any atom is 0.127 e. The van der Waals surface area contributed by atoms with Crippen LogP contribution in [-0.2, 0) is 16.6 Å². The fourth-order valence-corrected chi connectivity index (χ4v) is 4.21. The van der Waals surface area contributed by atoms with Gasteiger partial charge in [-0.25, -0.2) is 4.39 Å². The molecule has 1 aromatic carbocycles. The summed E-state index contributed by atoms with van der Waals surface area (Å²) in [5, 5.41) is -0.327. The van der Waals surface area contributed by atoms with Gasteiger partial charge in [-0.05, 0) is 25.1 Å². The lowest BCUT2D eigenvalue weighted by Gasteiger charge is -2.11.